The van der Waals surface area contributed by atoms with Gasteiger partial charge in [0.1, 0.15) is 0 Å². The summed E-state index contributed by atoms with van der Waals surface area (Å²) in [5, 5.41) is 28.7. The monoisotopic (exact) mass is 376 g/mol. The molecule has 2 heterocycles. The molecule has 1 N–H and O–H groups in total. The molecule has 0 bridgehead atoms. The summed E-state index contributed by atoms with van der Waals surface area (Å²) in [5.41, 5.74) is -0.337. The van der Waals surface area contributed by atoms with Crippen molar-refractivity contribution in [2.75, 3.05) is 5.32 Å². The smallest absolute Gasteiger partial charge is 0.279 e. The summed E-state index contributed by atoms with van der Waals surface area (Å²) in [7, 11) is 0. The fourth-order valence-electron chi connectivity index (χ4n) is 2.38. The first-order valence-electron chi connectivity index (χ1n) is 7.26. The molecule has 0 aliphatic rings. The van der Waals surface area contributed by atoms with E-state index in [1.54, 1.807) is 4.52 Å². The normalized spacial score (nSPS) is 10.9. The van der Waals surface area contributed by atoms with Crippen molar-refractivity contribution in [3.05, 3.63) is 54.1 Å². The maximum absolute atomic E-state index is 12.5. The van der Waals surface area contributed by atoms with E-state index in [4.69, 9.17) is 0 Å². The lowest BCUT2D eigenvalue weighted by molar-refractivity contribution is -0.394. The van der Waals surface area contributed by atoms with Gasteiger partial charge in [-0.2, -0.15) is 4.98 Å². The summed E-state index contributed by atoms with van der Waals surface area (Å²) in [4.78, 5) is 38.8. The van der Waals surface area contributed by atoms with Crippen LogP contribution in [0.2, 0.25) is 0 Å². The number of nitrogens with zero attached hydrogens (tertiary/aromatic N) is 5. The van der Waals surface area contributed by atoms with Crippen molar-refractivity contribution in [1.82, 2.24) is 14.6 Å². The second-order valence-electron chi connectivity index (χ2n) is 5.48. The van der Waals surface area contributed by atoms with Crippen LogP contribution in [0.3, 0.4) is 0 Å². The zero-order chi connectivity index (χ0) is 19.2. The highest BCUT2D eigenvalue weighted by Crippen LogP contribution is 2.28. The Morgan fingerprint density at radius 1 is 1.19 bits per heavy atom. The number of nitro groups is 2. The molecule has 0 aliphatic heterocycles. The summed E-state index contributed by atoms with van der Waals surface area (Å²) in [6, 6.07) is 1.81. The Bertz CT molecular complexity index is 1090. The Labute approximate surface area is 149 Å². The zero-order valence-electron chi connectivity index (χ0n) is 13.8. The molecule has 0 saturated carbocycles. The molecular formula is C14H12N6O5S. The van der Waals surface area contributed by atoms with Crippen molar-refractivity contribution < 1.29 is 14.6 Å². The van der Waals surface area contributed by atoms with Gasteiger partial charge in [0.05, 0.1) is 27.2 Å². The number of carbonyl (C=O) groups excluding carboxylic acids is 1. The van der Waals surface area contributed by atoms with Gasteiger partial charge in [-0.05, 0) is 20.8 Å². The van der Waals surface area contributed by atoms with Gasteiger partial charge >= 0.3 is 0 Å². The first-order valence-corrected chi connectivity index (χ1v) is 8.08. The standard InChI is InChI=1S/C14H12N6O5S/c1-6-10(4-9(19(22)23)5-11(6)20(24)25)12(21)15-13-16-14-18(17-13)7(2)8(3)26-14/h4-5H,1-3H3,(H,15,17,21). The molecule has 134 valence electrons. The lowest BCUT2D eigenvalue weighted by Crippen LogP contribution is -2.16. The average Bonchev–Trinajstić information content (AvgIpc) is 3.06. The molecule has 0 aliphatic carbocycles. The molecule has 0 atom stereocenters. The number of amides is 1. The number of rotatable bonds is 4. The summed E-state index contributed by atoms with van der Waals surface area (Å²) >= 11 is 1.40. The van der Waals surface area contributed by atoms with Crippen LogP contribution in [-0.4, -0.2) is 30.4 Å². The van der Waals surface area contributed by atoms with Crippen LogP contribution in [0.15, 0.2) is 12.1 Å². The van der Waals surface area contributed by atoms with Gasteiger partial charge in [-0.1, -0.05) is 11.3 Å². The first kappa shape index (κ1) is 17.4. The van der Waals surface area contributed by atoms with Gasteiger partial charge in [-0.15, -0.1) is 5.10 Å². The molecule has 0 saturated heterocycles. The van der Waals surface area contributed by atoms with Crippen molar-refractivity contribution in [1.29, 1.82) is 0 Å². The number of thiazole rings is 1. The summed E-state index contributed by atoms with van der Waals surface area (Å²) < 4.78 is 1.57. The molecular weight excluding hydrogens is 364 g/mol. The van der Waals surface area contributed by atoms with Crippen molar-refractivity contribution in [3.63, 3.8) is 0 Å². The van der Waals surface area contributed by atoms with Crippen LogP contribution in [0, 0.1) is 41.0 Å². The third-order valence-electron chi connectivity index (χ3n) is 3.89. The number of nitro benzene ring substituents is 2. The molecule has 1 amide bonds. The number of aromatic nitrogens is 3. The van der Waals surface area contributed by atoms with E-state index in [0.29, 0.717) is 4.96 Å². The van der Waals surface area contributed by atoms with Crippen molar-refractivity contribution in [3.8, 4) is 0 Å². The zero-order valence-corrected chi connectivity index (χ0v) is 14.7. The van der Waals surface area contributed by atoms with Crippen LogP contribution in [0.1, 0.15) is 26.5 Å². The van der Waals surface area contributed by atoms with Gasteiger partial charge in [0, 0.05) is 16.5 Å². The Hall–Kier alpha value is -3.41. The number of hydrogen-bond donors (Lipinski definition) is 1. The SMILES string of the molecule is Cc1sc2nc(NC(=O)c3cc([N+](=O)[O-])cc([N+](=O)[O-])c3C)nn2c1C. The highest BCUT2D eigenvalue weighted by Gasteiger charge is 2.25. The maximum atomic E-state index is 12.5. The van der Waals surface area contributed by atoms with E-state index < -0.39 is 27.1 Å². The van der Waals surface area contributed by atoms with Gasteiger partial charge < -0.3 is 0 Å². The van der Waals surface area contributed by atoms with Gasteiger partial charge in [0.15, 0.2) is 0 Å². The molecule has 12 heteroatoms. The van der Waals surface area contributed by atoms with E-state index in [9.17, 15) is 25.0 Å². The molecule has 26 heavy (non-hydrogen) atoms. The predicted molar refractivity (Wildman–Crippen MR) is 92.8 cm³/mol. The number of anilines is 1. The van der Waals surface area contributed by atoms with Crippen LogP contribution < -0.4 is 5.32 Å². The van der Waals surface area contributed by atoms with Gasteiger partial charge in [-0.25, -0.2) is 4.52 Å². The van der Waals surface area contributed by atoms with Crippen LogP contribution in [0.4, 0.5) is 17.3 Å². The number of carbonyl (C=O) groups is 1. The molecule has 1 aromatic carbocycles. The van der Waals surface area contributed by atoms with E-state index in [1.165, 1.54) is 18.3 Å². The minimum atomic E-state index is -0.791. The third-order valence-corrected chi connectivity index (χ3v) is 4.94. The lowest BCUT2D eigenvalue weighted by Gasteiger charge is -2.06. The highest BCUT2D eigenvalue weighted by molar-refractivity contribution is 7.17. The Kier molecular flexibility index (Phi) is 4.12. The molecule has 3 aromatic rings. The van der Waals surface area contributed by atoms with Gasteiger partial charge in [0.25, 0.3) is 23.2 Å². The van der Waals surface area contributed by atoms with Crippen LogP contribution in [-0.2, 0) is 0 Å². The van der Waals surface area contributed by atoms with Crippen LogP contribution in [0.5, 0.6) is 0 Å². The number of benzene rings is 1. The summed E-state index contributed by atoms with van der Waals surface area (Å²) in [6.45, 7) is 5.12. The van der Waals surface area contributed by atoms with E-state index >= 15 is 0 Å². The minimum Gasteiger partial charge on any atom is -0.289 e. The highest BCUT2D eigenvalue weighted by atomic mass is 32.1. The second kappa shape index (κ2) is 6.15. The molecule has 0 spiro atoms. The van der Waals surface area contributed by atoms with E-state index in [1.807, 2.05) is 13.8 Å². The summed E-state index contributed by atoms with van der Waals surface area (Å²) in [6.07, 6.45) is 0. The number of fused-ring (bicyclic) bond motifs is 1. The fraction of sp³-hybridized carbons (Fsp3) is 0.214. The van der Waals surface area contributed by atoms with Gasteiger partial charge in [0.2, 0.25) is 4.96 Å². The summed E-state index contributed by atoms with van der Waals surface area (Å²) in [5.74, 6) is -0.750. The quantitative estimate of drug-likeness (QED) is 0.544. The predicted octanol–water partition coefficient (Wildman–Crippen LogP) is 2.78. The Morgan fingerprint density at radius 2 is 1.88 bits per heavy atom. The van der Waals surface area contributed by atoms with Crippen molar-refractivity contribution >= 4 is 39.5 Å². The number of nitrogens with one attached hydrogen (secondary N) is 1. The third kappa shape index (κ3) is 2.86. The molecule has 11 nitrogen and oxygen atoms in total. The molecule has 3 rings (SSSR count). The number of aryl methyl sites for hydroxylation is 2. The Morgan fingerprint density at radius 3 is 2.46 bits per heavy atom. The largest absolute Gasteiger partial charge is 0.289 e. The van der Waals surface area contributed by atoms with Crippen LogP contribution >= 0.6 is 11.3 Å². The topological polar surface area (TPSA) is 146 Å². The molecule has 0 fully saturated rings. The van der Waals surface area contributed by atoms with Crippen molar-refractivity contribution in [2.24, 2.45) is 0 Å². The molecule has 0 radical (unpaired) electrons. The molecule has 2 aromatic heterocycles. The second-order valence-corrected chi connectivity index (χ2v) is 6.66. The van der Waals surface area contributed by atoms with Gasteiger partial charge in [-0.3, -0.25) is 30.3 Å². The fourth-order valence-corrected chi connectivity index (χ4v) is 3.28. The number of hydrogen-bond acceptors (Lipinski definition) is 8. The van der Waals surface area contributed by atoms with Crippen molar-refractivity contribution in [2.45, 2.75) is 20.8 Å². The van der Waals surface area contributed by atoms with E-state index in [0.717, 1.165) is 22.7 Å². The minimum absolute atomic E-state index is 0.0120. The van der Waals surface area contributed by atoms with Crippen LogP contribution in [0.25, 0.3) is 4.96 Å². The Balaban J connectivity index is 2.00. The molecule has 0 unspecified atom stereocenters. The number of non-ortho nitro benzene ring substituents is 1. The first-order chi connectivity index (χ1) is 12.2. The van der Waals surface area contributed by atoms with E-state index in [-0.39, 0.29) is 17.1 Å². The maximum Gasteiger partial charge on any atom is 0.279 e. The van der Waals surface area contributed by atoms with E-state index in [2.05, 4.69) is 15.4 Å². The average molecular weight is 376 g/mol. The lowest BCUT2D eigenvalue weighted by atomic mass is 10.0.